The second-order valence-corrected chi connectivity index (χ2v) is 6.11. The summed E-state index contributed by atoms with van der Waals surface area (Å²) >= 11 is 0. The number of hydrogen-bond donors (Lipinski definition) is 1. The molecule has 0 bridgehead atoms. The molecular weight excluding hydrogens is 368 g/mol. The number of rotatable bonds is 8. The molecule has 1 heterocycles. The van der Waals surface area contributed by atoms with Gasteiger partial charge in [-0.1, -0.05) is 65.8 Å². The third-order valence-corrected chi connectivity index (χ3v) is 3.92. The number of nitrogens with one attached hydrogen (secondary N) is 1. The number of nitrogens with zero attached hydrogens (tertiary/aromatic N) is 3. The van der Waals surface area contributed by atoms with Gasteiger partial charge in [-0.15, -0.1) is 12.3 Å². The van der Waals surface area contributed by atoms with Crippen molar-refractivity contribution in [2.24, 2.45) is 0 Å². The van der Waals surface area contributed by atoms with Crippen molar-refractivity contribution in [3.8, 4) is 29.6 Å². The first kappa shape index (κ1) is 19.8. The Bertz CT molecular complexity index is 959. The maximum absolute atomic E-state index is 12.1. The lowest BCUT2D eigenvalue weighted by molar-refractivity contribution is 0.130. The molecule has 0 radical (unpaired) electrons. The van der Waals surface area contributed by atoms with E-state index < -0.39 is 12.1 Å². The van der Waals surface area contributed by atoms with Crippen LogP contribution in [0.5, 0.6) is 6.01 Å². The largest absolute Gasteiger partial charge is 0.460 e. The predicted molar refractivity (Wildman–Crippen MR) is 108 cm³/mol. The Morgan fingerprint density at radius 2 is 1.83 bits per heavy atom. The van der Waals surface area contributed by atoms with Crippen LogP contribution >= 0.6 is 0 Å². The Kier molecular flexibility index (Phi) is 7.13. The smallest absolute Gasteiger partial charge is 0.407 e. The van der Waals surface area contributed by atoms with Crippen molar-refractivity contribution in [2.45, 2.75) is 19.1 Å². The Morgan fingerprint density at radius 3 is 2.55 bits per heavy atom. The molecule has 0 aliphatic heterocycles. The van der Waals surface area contributed by atoms with Gasteiger partial charge in [0, 0.05) is 12.0 Å². The molecule has 3 rings (SSSR count). The van der Waals surface area contributed by atoms with Crippen molar-refractivity contribution < 1.29 is 14.3 Å². The van der Waals surface area contributed by atoms with Crippen LogP contribution in [0.4, 0.5) is 4.79 Å². The molecular formula is C22H20N4O3. The normalized spacial score (nSPS) is 11.1. The van der Waals surface area contributed by atoms with Gasteiger partial charge in [0.15, 0.2) is 0 Å². The Balaban J connectivity index is 1.54. The molecule has 1 amide bonds. The van der Waals surface area contributed by atoms with Crippen molar-refractivity contribution in [1.29, 1.82) is 0 Å². The van der Waals surface area contributed by atoms with Crippen LogP contribution in [-0.2, 0) is 11.3 Å². The molecule has 0 aliphatic rings. The van der Waals surface area contributed by atoms with Crippen molar-refractivity contribution in [1.82, 2.24) is 20.5 Å². The summed E-state index contributed by atoms with van der Waals surface area (Å²) in [5.41, 5.74) is 2.43. The summed E-state index contributed by atoms with van der Waals surface area (Å²) in [6.45, 7) is 0.257. The quantitative estimate of drug-likeness (QED) is 0.596. The highest BCUT2D eigenvalue weighted by Crippen LogP contribution is 2.16. The zero-order valence-electron chi connectivity index (χ0n) is 15.7. The summed E-state index contributed by atoms with van der Waals surface area (Å²) in [5, 5.41) is 10.5. The van der Waals surface area contributed by atoms with Crippen molar-refractivity contribution >= 4 is 6.09 Å². The van der Waals surface area contributed by atoms with E-state index in [1.807, 2.05) is 60.7 Å². The van der Waals surface area contributed by atoms with Gasteiger partial charge in [-0.25, -0.2) is 4.79 Å². The molecule has 0 spiro atoms. The van der Waals surface area contributed by atoms with Crippen LogP contribution in [0, 0.1) is 12.3 Å². The summed E-state index contributed by atoms with van der Waals surface area (Å²) in [4.78, 5) is 16.4. The average molecular weight is 388 g/mol. The first-order valence-electron chi connectivity index (χ1n) is 9.03. The fourth-order valence-electron chi connectivity index (χ4n) is 2.50. The Morgan fingerprint density at radius 1 is 1.10 bits per heavy atom. The van der Waals surface area contributed by atoms with Crippen LogP contribution in [0.1, 0.15) is 12.0 Å². The van der Waals surface area contributed by atoms with Gasteiger partial charge in [0.2, 0.25) is 0 Å². The minimum absolute atomic E-state index is 0.0879. The highest BCUT2D eigenvalue weighted by atomic mass is 16.5. The molecule has 0 fully saturated rings. The standard InChI is InChI=1S/C22H20N4O3/c1-2-9-19(24-22(27)29-15-17-10-5-3-6-11-17)16-28-21-25-20(14-23-26-21)18-12-7-4-8-13-18/h1,3-8,10-14,19H,9,15-16H2,(H,24,27). The summed E-state index contributed by atoms with van der Waals surface area (Å²) in [6.07, 6.45) is 6.65. The molecule has 0 saturated heterocycles. The topological polar surface area (TPSA) is 86.2 Å². The first-order valence-corrected chi connectivity index (χ1v) is 9.03. The number of aromatic nitrogens is 3. The maximum Gasteiger partial charge on any atom is 0.407 e. The number of alkyl carbamates (subject to hydrolysis) is 1. The number of ether oxygens (including phenoxy) is 2. The molecule has 7 heteroatoms. The first-order chi connectivity index (χ1) is 14.2. The molecule has 1 atom stereocenters. The van der Waals surface area contributed by atoms with Crippen LogP contribution in [0.3, 0.4) is 0 Å². The molecule has 1 aromatic heterocycles. The summed E-state index contributed by atoms with van der Waals surface area (Å²) in [5.74, 6) is 2.51. The van der Waals surface area contributed by atoms with Crippen LogP contribution in [0.15, 0.2) is 66.9 Å². The van der Waals surface area contributed by atoms with Gasteiger partial charge in [0.1, 0.15) is 13.2 Å². The van der Waals surface area contributed by atoms with Gasteiger partial charge < -0.3 is 14.8 Å². The van der Waals surface area contributed by atoms with Crippen LogP contribution in [0.2, 0.25) is 0 Å². The van der Waals surface area contributed by atoms with E-state index in [9.17, 15) is 4.79 Å². The third-order valence-electron chi connectivity index (χ3n) is 3.92. The third kappa shape index (κ3) is 6.33. The lowest BCUT2D eigenvalue weighted by atomic mass is 10.2. The number of benzene rings is 2. The molecule has 3 aromatic rings. The Labute approximate surface area is 169 Å². The second kappa shape index (κ2) is 10.4. The molecule has 1 N–H and O–H groups in total. The minimum atomic E-state index is -0.574. The Hall–Kier alpha value is -3.92. The molecule has 2 aromatic carbocycles. The lowest BCUT2D eigenvalue weighted by Gasteiger charge is -2.16. The zero-order chi connectivity index (χ0) is 20.3. The number of carbonyl (C=O) groups is 1. The molecule has 146 valence electrons. The SMILES string of the molecule is C#CCC(COc1nncc(-c2ccccc2)n1)NC(=O)OCc1ccccc1. The van der Waals surface area contributed by atoms with E-state index in [1.54, 1.807) is 6.20 Å². The van der Waals surface area contributed by atoms with Gasteiger partial charge in [-0.2, -0.15) is 10.1 Å². The lowest BCUT2D eigenvalue weighted by Crippen LogP contribution is -2.39. The fourth-order valence-corrected chi connectivity index (χ4v) is 2.50. The van der Waals surface area contributed by atoms with E-state index in [2.05, 4.69) is 26.4 Å². The van der Waals surface area contributed by atoms with Crippen LogP contribution < -0.4 is 10.1 Å². The zero-order valence-corrected chi connectivity index (χ0v) is 15.7. The fraction of sp³-hybridized carbons (Fsp3) is 0.182. The van der Waals surface area contributed by atoms with Gasteiger partial charge in [0.05, 0.1) is 17.9 Å². The van der Waals surface area contributed by atoms with E-state index in [-0.39, 0.29) is 25.6 Å². The van der Waals surface area contributed by atoms with Gasteiger partial charge in [0.25, 0.3) is 0 Å². The minimum Gasteiger partial charge on any atom is -0.460 e. The summed E-state index contributed by atoms with van der Waals surface area (Å²) < 4.78 is 10.8. The molecule has 0 aliphatic carbocycles. The van der Waals surface area contributed by atoms with Crippen LogP contribution in [0.25, 0.3) is 11.3 Å². The van der Waals surface area contributed by atoms with E-state index in [0.717, 1.165) is 11.1 Å². The van der Waals surface area contributed by atoms with Gasteiger partial charge >= 0.3 is 12.1 Å². The number of hydrogen-bond acceptors (Lipinski definition) is 6. The van der Waals surface area contributed by atoms with Crippen molar-refractivity contribution in [2.75, 3.05) is 6.61 Å². The second-order valence-electron chi connectivity index (χ2n) is 6.11. The predicted octanol–water partition coefficient (Wildman–Crippen LogP) is 3.24. The number of amides is 1. The highest BCUT2D eigenvalue weighted by Gasteiger charge is 2.15. The van der Waals surface area contributed by atoms with Gasteiger partial charge in [-0.3, -0.25) is 0 Å². The summed E-state index contributed by atoms with van der Waals surface area (Å²) in [6, 6.07) is 18.6. The van der Waals surface area contributed by atoms with E-state index in [1.165, 1.54) is 0 Å². The molecule has 1 unspecified atom stereocenters. The van der Waals surface area contributed by atoms with Crippen molar-refractivity contribution in [3.63, 3.8) is 0 Å². The van der Waals surface area contributed by atoms with E-state index in [0.29, 0.717) is 5.69 Å². The number of carbonyl (C=O) groups excluding carboxylic acids is 1. The highest BCUT2D eigenvalue weighted by molar-refractivity contribution is 5.67. The van der Waals surface area contributed by atoms with E-state index >= 15 is 0 Å². The monoisotopic (exact) mass is 388 g/mol. The molecule has 0 saturated carbocycles. The number of terminal acetylenes is 1. The maximum atomic E-state index is 12.1. The summed E-state index contributed by atoms with van der Waals surface area (Å²) in [7, 11) is 0. The molecule has 29 heavy (non-hydrogen) atoms. The van der Waals surface area contributed by atoms with Crippen LogP contribution in [-0.4, -0.2) is 33.9 Å². The van der Waals surface area contributed by atoms with Crippen molar-refractivity contribution in [3.05, 3.63) is 72.4 Å². The molecule has 7 nitrogen and oxygen atoms in total. The average Bonchev–Trinajstić information content (AvgIpc) is 2.78. The van der Waals surface area contributed by atoms with Gasteiger partial charge in [-0.05, 0) is 5.56 Å². The van der Waals surface area contributed by atoms with E-state index in [4.69, 9.17) is 15.9 Å².